The first-order chi connectivity index (χ1) is 17.3. The van der Waals surface area contributed by atoms with E-state index >= 15 is 0 Å². The van der Waals surface area contributed by atoms with Crippen molar-refractivity contribution in [1.29, 1.82) is 0 Å². The molecular weight excluding hydrogens is 488 g/mol. The monoisotopic (exact) mass is 534 g/mol. The Bertz CT molecular complexity index is 1060. The molecule has 0 radical (unpaired) electrons. The van der Waals surface area contributed by atoms with Gasteiger partial charge in [0.15, 0.2) is 6.35 Å². The lowest BCUT2D eigenvalue weighted by Gasteiger charge is -2.53. The SMILES string of the molecule is CN(C)[C@]1(c2ccccc2)CC[C@]2(CC1)CN(CC(C)(C)N1CCCS1(=O)=O)C(O)N2CC1(O)CCC1. The van der Waals surface area contributed by atoms with Crippen LogP contribution in [0.1, 0.15) is 70.8 Å². The van der Waals surface area contributed by atoms with Gasteiger partial charge in [-0.1, -0.05) is 30.3 Å². The Kier molecular flexibility index (Phi) is 7.09. The van der Waals surface area contributed by atoms with Gasteiger partial charge in [-0.3, -0.25) is 14.7 Å². The van der Waals surface area contributed by atoms with E-state index in [1.807, 2.05) is 13.8 Å². The third-order valence-corrected chi connectivity index (χ3v) is 12.2. The number of benzene rings is 1. The summed E-state index contributed by atoms with van der Waals surface area (Å²) in [5.41, 5.74) is -0.346. The molecule has 1 atom stereocenters. The van der Waals surface area contributed by atoms with Gasteiger partial charge in [-0.25, -0.2) is 8.42 Å². The fraction of sp³-hybridized carbons (Fsp3) is 0.786. The van der Waals surface area contributed by atoms with Crippen molar-refractivity contribution in [3.63, 3.8) is 0 Å². The zero-order valence-corrected chi connectivity index (χ0v) is 23.9. The minimum Gasteiger partial charge on any atom is -0.389 e. The third-order valence-electron chi connectivity index (χ3n) is 10.0. The summed E-state index contributed by atoms with van der Waals surface area (Å²) < 4.78 is 27.1. The van der Waals surface area contributed by atoms with E-state index in [0.29, 0.717) is 32.6 Å². The largest absolute Gasteiger partial charge is 0.389 e. The van der Waals surface area contributed by atoms with Crippen molar-refractivity contribution in [1.82, 2.24) is 19.0 Å². The van der Waals surface area contributed by atoms with E-state index in [1.54, 1.807) is 4.31 Å². The molecule has 4 aliphatic rings. The number of hydrogen-bond acceptors (Lipinski definition) is 7. The van der Waals surface area contributed by atoms with E-state index in [1.165, 1.54) is 5.56 Å². The van der Waals surface area contributed by atoms with Crippen LogP contribution in [0.25, 0.3) is 0 Å². The second kappa shape index (κ2) is 9.54. The molecule has 9 heteroatoms. The molecule has 2 aliphatic carbocycles. The van der Waals surface area contributed by atoms with Gasteiger partial charge in [0.25, 0.3) is 0 Å². The van der Waals surface area contributed by atoms with Crippen molar-refractivity contribution in [2.24, 2.45) is 0 Å². The molecule has 2 aliphatic heterocycles. The van der Waals surface area contributed by atoms with Gasteiger partial charge in [-0.2, -0.15) is 4.31 Å². The summed E-state index contributed by atoms with van der Waals surface area (Å²) >= 11 is 0. The van der Waals surface area contributed by atoms with Crippen LogP contribution < -0.4 is 0 Å². The van der Waals surface area contributed by atoms with Crippen molar-refractivity contribution < 1.29 is 18.6 Å². The standard InChI is InChI=1S/C28H46N4O4S/c1-25(2,32-18-9-19-37(32,35)36)20-30-21-26(31(24(30)33)22-27(34)12-8-13-27)14-16-28(17-15-26,29(3)4)23-10-6-5-7-11-23/h5-7,10-11,24,33-34H,8-9,12-22H2,1-4H3/t24?,26-,28+. The second-order valence-corrected chi connectivity index (χ2v) is 15.0. The van der Waals surface area contributed by atoms with Crippen molar-refractivity contribution in [2.45, 2.75) is 93.8 Å². The molecule has 2 saturated carbocycles. The third kappa shape index (κ3) is 4.79. The normalized spacial score (nSPS) is 34.8. The molecule has 1 unspecified atom stereocenters. The maximum Gasteiger partial charge on any atom is 0.214 e. The Morgan fingerprint density at radius 2 is 1.68 bits per heavy atom. The van der Waals surface area contributed by atoms with Crippen LogP contribution in [0.3, 0.4) is 0 Å². The lowest BCUT2D eigenvalue weighted by atomic mass is 9.67. The minimum absolute atomic E-state index is 0.0627. The predicted molar refractivity (Wildman–Crippen MR) is 145 cm³/mol. The number of aliphatic hydroxyl groups excluding tert-OH is 1. The van der Waals surface area contributed by atoms with Crippen molar-refractivity contribution >= 4 is 10.0 Å². The van der Waals surface area contributed by atoms with Crippen LogP contribution in [0, 0.1) is 0 Å². The summed E-state index contributed by atoms with van der Waals surface area (Å²) in [5, 5.41) is 22.9. The molecule has 37 heavy (non-hydrogen) atoms. The van der Waals surface area contributed by atoms with Crippen molar-refractivity contribution in [3.05, 3.63) is 35.9 Å². The van der Waals surface area contributed by atoms with E-state index < -0.39 is 27.5 Å². The van der Waals surface area contributed by atoms with Crippen LogP contribution in [0.4, 0.5) is 0 Å². The smallest absolute Gasteiger partial charge is 0.214 e. The lowest BCUT2D eigenvalue weighted by molar-refractivity contribution is -0.146. The molecule has 2 heterocycles. The molecular formula is C28H46N4O4S. The molecule has 0 amide bonds. The summed E-state index contributed by atoms with van der Waals surface area (Å²) in [6, 6.07) is 10.7. The first kappa shape index (κ1) is 27.5. The summed E-state index contributed by atoms with van der Waals surface area (Å²) in [6.07, 6.45) is 6.13. The summed E-state index contributed by atoms with van der Waals surface area (Å²) in [7, 11) is 1.06. The molecule has 5 rings (SSSR count). The van der Waals surface area contributed by atoms with Gasteiger partial charge in [0, 0.05) is 42.8 Å². The number of aliphatic hydroxyl groups is 2. The maximum atomic E-state index is 12.7. The number of β-amino-alcohol motifs (C(OH)–C–C–N with tert-alkyl or cyclic N) is 1. The van der Waals surface area contributed by atoms with E-state index in [0.717, 1.165) is 44.9 Å². The lowest BCUT2D eigenvalue weighted by Crippen LogP contribution is -2.60. The number of hydrogen-bond donors (Lipinski definition) is 2. The first-order valence-electron chi connectivity index (χ1n) is 14.0. The number of nitrogens with zero attached hydrogens (tertiary/aromatic N) is 4. The quantitative estimate of drug-likeness (QED) is 0.555. The van der Waals surface area contributed by atoms with Crippen LogP contribution >= 0.6 is 0 Å². The number of rotatable bonds is 7. The highest BCUT2D eigenvalue weighted by Gasteiger charge is 2.57. The van der Waals surface area contributed by atoms with E-state index in [9.17, 15) is 18.6 Å². The molecule has 2 saturated heterocycles. The summed E-state index contributed by atoms with van der Waals surface area (Å²) in [5.74, 6) is 0.203. The van der Waals surface area contributed by atoms with Crippen LogP contribution in [0.5, 0.6) is 0 Å². The molecule has 1 aromatic rings. The van der Waals surface area contributed by atoms with Crippen molar-refractivity contribution in [2.75, 3.05) is 46.0 Å². The van der Waals surface area contributed by atoms with Crippen LogP contribution in [-0.4, -0.2) is 107 Å². The zero-order valence-electron chi connectivity index (χ0n) is 23.1. The molecule has 1 aromatic carbocycles. The van der Waals surface area contributed by atoms with E-state index in [4.69, 9.17) is 0 Å². The maximum absolute atomic E-state index is 12.7. The van der Waals surface area contributed by atoms with Gasteiger partial charge in [0.1, 0.15) is 0 Å². The summed E-state index contributed by atoms with van der Waals surface area (Å²) in [6.45, 7) is 6.10. The van der Waals surface area contributed by atoms with Gasteiger partial charge < -0.3 is 10.2 Å². The average molecular weight is 535 g/mol. The van der Waals surface area contributed by atoms with Gasteiger partial charge >= 0.3 is 0 Å². The topological polar surface area (TPSA) is 87.6 Å². The van der Waals surface area contributed by atoms with E-state index in [-0.39, 0.29) is 16.8 Å². The average Bonchev–Trinajstić information content (AvgIpc) is 3.31. The fourth-order valence-corrected chi connectivity index (χ4v) is 9.58. The van der Waals surface area contributed by atoms with Gasteiger partial charge in [-0.05, 0) is 84.9 Å². The second-order valence-electron chi connectivity index (χ2n) is 13.0. The summed E-state index contributed by atoms with van der Waals surface area (Å²) in [4.78, 5) is 6.59. The Morgan fingerprint density at radius 1 is 1.03 bits per heavy atom. The van der Waals surface area contributed by atoms with Gasteiger partial charge in [0.05, 0.1) is 11.4 Å². The highest BCUT2D eigenvalue weighted by Crippen LogP contribution is 2.51. The molecule has 8 nitrogen and oxygen atoms in total. The molecule has 208 valence electrons. The highest BCUT2D eigenvalue weighted by atomic mass is 32.2. The molecule has 0 bridgehead atoms. The molecule has 4 fully saturated rings. The highest BCUT2D eigenvalue weighted by molar-refractivity contribution is 7.89. The molecule has 0 aromatic heterocycles. The Morgan fingerprint density at radius 3 is 2.19 bits per heavy atom. The van der Waals surface area contributed by atoms with Gasteiger partial charge in [-0.15, -0.1) is 0 Å². The number of sulfonamides is 1. The van der Waals surface area contributed by atoms with Crippen LogP contribution in [0.2, 0.25) is 0 Å². The van der Waals surface area contributed by atoms with Crippen LogP contribution in [-0.2, 0) is 15.6 Å². The predicted octanol–water partition coefficient (Wildman–Crippen LogP) is 2.38. The van der Waals surface area contributed by atoms with Crippen molar-refractivity contribution in [3.8, 4) is 0 Å². The van der Waals surface area contributed by atoms with Crippen LogP contribution in [0.15, 0.2) is 30.3 Å². The Balaban J connectivity index is 1.41. The minimum atomic E-state index is -3.26. The zero-order chi connectivity index (χ0) is 26.7. The fourth-order valence-electron chi connectivity index (χ4n) is 7.65. The molecule has 2 N–H and O–H groups in total. The van der Waals surface area contributed by atoms with Gasteiger partial charge in [0.2, 0.25) is 10.0 Å². The molecule has 1 spiro atoms. The first-order valence-corrected chi connectivity index (χ1v) is 15.6. The Labute approximate surface area is 223 Å². The van der Waals surface area contributed by atoms with E-state index in [2.05, 4.69) is 59.1 Å². The Hall–Kier alpha value is -1.07.